The van der Waals surface area contributed by atoms with E-state index in [1.807, 2.05) is 12.1 Å². The zero-order chi connectivity index (χ0) is 14.5. The number of carboxylic acid groups (broad SMARTS) is 1. The van der Waals surface area contributed by atoms with E-state index in [1.165, 1.54) is 6.07 Å². The maximum absolute atomic E-state index is 11.4. The van der Waals surface area contributed by atoms with Gasteiger partial charge in [0.15, 0.2) is 5.16 Å². The van der Waals surface area contributed by atoms with Gasteiger partial charge in [0.1, 0.15) is 5.75 Å². The molecule has 0 fully saturated rings. The van der Waals surface area contributed by atoms with Crippen molar-refractivity contribution in [3.05, 3.63) is 46.9 Å². The smallest absolute Gasteiger partial charge is 0.313 e. The molecule has 0 bridgehead atoms. The van der Waals surface area contributed by atoms with Gasteiger partial charge in [-0.25, -0.2) is 0 Å². The summed E-state index contributed by atoms with van der Waals surface area (Å²) in [5, 5.41) is 9.06. The average molecular weight is 292 g/mol. The first-order valence-electron chi connectivity index (χ1n) is 5.69. The zero-order valence-electron chi connectivity index (χ0n) is 10.6. The second kappa shape index (κ2) is 6.25. The summed E-state index contributed by atoms with van der Waals surface area (Å²) in [5.41, 5.74) is 0.277. The first kappa shape index (κ1) is 14.1. The third-order valence-corrected chi connectivity index (χ3v) is 3.39. The number of carboxylic acids is 1. The van der Waals surface area contributed by atoms with E-state index in [9.17, 15) is 9.59 Å². The number of methoxy groups -OCH3 is 1. The molecule has 0 amide bonds. The predicted molar refractivity (Wildman–Crippen MR) is 74.7 cm³/mol. The highest BCUT2D eigenvalue weighted by atomic mass is 32.2. The Morgan fingerprint density at radius 3 is 2.85 bits per heavy atom. The minimum Gasteiger partial charge on any atom is -0.495 e. The van der Waals surface area contributed by atoms with Gasteiger partial charge in [0, 0.05) is 12.3 Å². The normalized spacial score (nSPS) is 10.2. The van der Waals surface area contributed by atoms with Crippen molar-refractivity contribution in [3.63, 3.8) is 0 Å². The van der Waals surface area contributed by atoms with Crippen LogP contribution in [0.25, 0.3) is 5.69 Å². The monoisotopic (exact) mass is 292 g/mol. The quantitative estimate of drug-likeness (QED) is 0.663. The van der Waals surface area contributed by atoms with E-state index in [1.54, 1.807) is 30.0 Å². The van der Waals surface area contributed by atoms with Crippen LogP contribution in [0.1, 0.15) is 0 Å². The molecule has 0 spiro atoms. The van der Waals surface area contributed by atoms with E-state index < -0.39 is 11.5 Å². The fourth-order valence-corrected chi connectivity index (χ4v) is 2.33. The van der Waals surface area contributed by atoms with Crippen molar-refractivity contribution < 1.29 is 14.6 Å². The van der Waals surface area contributed by atoms with E-state index in [2.05, 4.69) is 4.98 Å². The number of para-hydroxylation sites is 2. The summed E-state index contributed by atoms with van der Waals surface area (Å²) in [5.74, 6) is -0.541. The molecule has 1 aromatic carbocycles. The van der Waals surface area contributed by atoms with Crippen LogP contribution in [0.3, 0.4) is 0 Å². The molecule has 1 N–H and O–H groups in total. The Bertz CT molecular complexity index is 684. The van der Waals surface area contributed by atoms with Crippen molar-refractivity contribution in [2.75, 3.05) is 12.9 Å². The highest BCUT2D eigenvalue weighted by Crippen LogP contribution is 2.25. The Morgan fingerprint density at radius 2 is 2.15 bits per heavy atom. The fraction of sp³-hybridized carbons (Fsp3) is 0.154. The number of hydrogen-bond donors (Lipinski definition) is 1. The molecule has 1 heterocycles. The summed E-state index contributed by atoms with van der Waals surface area (Å²) >= 11 is 0.980. The molecular formula is C13H12N2O4S. The van der Waals surface area contributed by atoms with Gasteiger partial charge in [-0.1, -0.05) is 23.9 Å². The van der Waals surface area contributed by atoms with Crippen molar-refractivity contribution in [2.45, 2.75) is 5.16 Å². The van der Waals surface area contributed by atoms with Crippen LogP contribution in [0.2, 0.25) is 0 Å². The number of hydrogen-bond acceptors (Lipinski definition) is 5. The predicted octanol–water partition coefficient (Wildman–Crippen LogP) is 1.42. The van der Waals surface area contributed by atoms with Crippen molar-refractivity contribution in [3.8, 4) is 11.4 Å². The van der Waals surface area contributed by atoms with E-state index in [-0.39, 0.29) is 5.75 Å². The van der Waals surface area contributed by atoms with Gasteiger partial charge in [-0.05, 0) is 12.1 Å². The Hall–Kier alpha value is -2.28. The van der Waals surface area contributed by atoms with Crippen molar-refractivity contribution in [1.29, 1.82) is 0 Å². The van der Waals surface area contributed by atoms with Crippen LogP contribution in [0.4, 0.5) is 0 Å². The molecule has 0 aliphatic rings. The van der Waals surface area contributed by atoms with E-state index in [0.717, 1.165) is 11.8 Å². The molecule has 0 unspecified atom stereocenters. The third kappa shape index (κ3) is 3.18. The molecular weight excluding hydrogens is 280 g/mol. The number of nitrogens with zero attached hydrogens (tertiary/aromatic N) is 2. The van der Waals surface area contributed by atoms with Crippen LogP contribution in [0.15, 0.2) is 46.5 Å². The van der Waals surface area contributed by atoms with Crippen LogP contribution >= 0.6 is 11.8 Å². The Kier molecular flexibility index (Phi) is 4.41. The van der Waals surface area contributed by atoms with E-state index in [4.69, 9.17) is 9.84 Å². The topological polar surface area (TPSA) is 81.4 Å². The second-order valence-electron chi connectivity index (χ2n) is 3.77. The Balaban J connectivity index is 2.50. The molecule has 1 aromatic heterocycles. The Labute approximate surface area is 119 Å². The number of carbonyl (C=O) groups is 1. The van der Waals surface area contributed by atoms with Crippen molar-refractivity contribution in [2.24, 2.45) is 0 Å². The molecule has 0 aliphatic carbocycles. The lowest BCUT2D eigenvalue weighted by Gasteiger charge is -2.14. The number of ether oxygens (including phenoxy) is 1. The average Bonchev–Trinajstić information content (AvgIpc) is 2.45. The van der Waals surface area contributed by atoms with Gasteiger partial charge in [-0.2, -0.15) is 4.98 Å². The largest absolute Gasteiger partial charge is 0.495 e. The van der Waals surface area contributed by atoms with Crippen LogP contribution in [0.5, 0.6) is 5.75 Å². The highest BCUT2D eigenvalue weighted by molar-refractivity contribution is 7.99. The lowest BCUT2D eigenvalue weighted by atomic mass is 10.3. The molecule has 0 radical (unpaired) electrons. The maximum Gasteiger partial charge on any atom is 0.313 e. The lowest BCUT2D eigenvalue weighted by molar-refractivity contribution is -0.133. The van der Waals surface area contributed by atoms with Crippen LogP contribution in [0, 0.1) is 0 Å². The summed E-state index contributed by atoms with van der Waals surface area (Å²) in [7, 11) is 1.54. The first-order valence-corrected chi connectivity index (χ1v) is 6.68. The maximum atomic E-state index is 11.4. The van der Waals surface area contributed by atoms with Gasteiger partial charge in [-0.3, -0.25) is 14.2 Å². The van der Waals surface area contributed by atoms with Gasteiger partial charge in [0.05, 0.1) is 18.6 Å². The van der Waals surface area contributed by atoms with Crippen molar-refractivity contribution in [1.82, 2.24) is 9.55 Å². The molecule has 7 heteroatoms. The Morgan fingerprint density at radius 1 is 1.40 bits per heavy atom. The summed E-state index contributed by atoms with van der Waals surface area (Å²) in [6.45, 7) is 0. The number of benzene rings is 1. The molecule has 0 saturated heterocycles. The van der Waals surface area contributed by atoms with E-state index in [0.29, 0.717) is 16.6 Å². The zero-order valence-corrected chi connectivity index (χ0v) is 11.5. The van der Waals surface area contributed by atoms with Crippen LogP contribution in [-0.2, 0) is 4.79 Å². The first-order chi connectivity index (χ1) is 9.61. The lowest BCUT2D eigenvalue weighted by Crippen LogP contribution is -2.13. The van der Waals surface area contributed by atoms with Crippen LogP contribution in [-0.4, -0.2) is 33.5 Å². The third-order valence-electron chi connectivity index (χ3n) is 2.45. The molecule has 0 saturated carbocycles. The standard InChI is InChI=1S/C13H12N2O4S/c1-19-10-5-3-2-4-9(10)15-7-6-11(16)14-13(15)20-8-12(17)18/h2-7H,8H2,1H3,(H,17,18). The van der Waals surface area contributed by atoms with Gasteiger partial charge in [0.25, 0.3) is 5.56 Å². The number of aliphatic carboxylic acids is 1. The fourth-order valence-electron chi connectivity index (χ4n) is 1.63. The molecule has 2 aromatic rings. The number of rotatable bonds is 5. The van der Waals surface area contributed by atoms with Crippen LogP contribution < -0.4 is 10.3 Å². The van der Waals surface area contributed by atoms with Gasteiger partial charge in [-0.15, -0.1) is 0 Å². The minimum absolute atomic E-state index is 0.175. The molecule has 2 rings (SSSR count). The summed E-state index contributed by atoms with van der Waals surface area (Å²) < 4.78 is 6.89. The van der Waals surface area contributed by atoms with Gasteiger partial charge in [0.2, 0.25) is 0 Å². The molecule has 104 valence electrons. The summed E-state index contributed by atoms with van der Waals surface area (Å²) in [6.07, 6.45) is 1.55. The summed E-state index contributed by atoms with van der Waals surface area (Å²) in [6, 6.07) is 8.54. The second-order valence-corrected chi connectivity index (χ2v) is 4.72. The number of thioether (sulfide) groups is 1. The SMILES string of the molecule is COc1ccccc1-n1ccc(=O)nc1SCC(=O)O. The van der Waals surface area contributed by atoms with E-state index >= 15 is 0 Å². The summed E-state index contributed by atoms with van der Waals surface area (Å²) in [4.78, 5) is 25.9. The molecule has 20 heavy (non-hydrogen) atoms. The molecule has 6 nitrogen and oxygen atoms in total. The number of aromatic nitrogens is 2. The van der Waals surface area contributed by atoms with Crippen molar-refractivity contribution >= 4 is 17.7 Å². The van der Waals surface area contributed by atoms with Gasteiger partial charge >= 0.3 is 5.97 Å². The molecule has 0 aliphatic heterocycles. The minimum atomic E-state index is -0.973. The molecule has 0 atom stereocenters. The van der Waals surface area contributed by atoms with Gasteiger partial charge < -0.3 is 9.84 Å². The highest BCUT2D eigenvalue weighted by Gasteiger charge is 2.11.